The first-order valence-corrected chi connectivity index (χ1v) is 11.0. The standard InChI is InChI=1S/C23H21N3O3S/c1-16-12-13-21(17(2)14-16)26-22(25-20-11-7-6-10-19(20)23(26)27)15-24-30(28,29)18-8-4-3-5-9-18/h3-14,24H,15H2,1-2H3. The second kappa shape index (κ2) is 7.85. The van der Waals surface area contributed by atoms with E-state index in [4.69, 9.17) is 0 Å². The van der Waals surface area contributed by atoms with Crippen molar-refractivity contribution < 1.29 is 8.42 Å². The van der Waals surface area contributed by atoms with E-state index in [1.807, 2.05) is 32.0 Å². The number of sulfonamides is 1. The normalized spacial score (nSPS) is 11.7. The molecule has 0 amide bonds. The summed E-state index contributed by atoms with van der Waals surface area (Å²) < 4.78 is 29.4. The molecule has 0 unspecified atom stereocenters. The quantitative estimate of drug-likeness (QED) is 0.537. The highest BCUT2D eigenvalue weighted by Gasteiger charge is 2.18. The molecule has 152 valence electrons. The molecule has 4 aromatic rings. The van der Waals surface area contributed by atoms with Crippen molar-refractivity contribution in [2.45, 2.75) is 25.3 Å². The van der Waals surface area contributed by atoms with Crippen molar-refractivity contribution in [2.24, 2.45) is 0 Å². The number of nitrogens with one attached hydrogen (secondary N) is 1. The zero-order valence-electron chi connectivity index (χ0n) is 16.7. The molecule has 0 aliphatic rings. The highest BCUT2D eigenvalue weighted by molar-refractivity contribution is 7.89. The lowest BCUT2D eigenvalue weighted by atomic mass is 10.1. The molecule has 6 nitrogen and oxygen atoms in total. The molecule has 0 aliphatic carbocycles. The number of aryl methyl sites for hydroxylation is 2. The second-order valence-corrected chi connectivity index (χ2v) is 8.88. The van der Waals surface area contributed by atoms with Crippen LogP contribution >= 0.6 is 0 Å². The molecule has 4 rings (SSSR count). The Labute approximate surface area is 174 Å². The largest absolute Gasteiger partial charge is 0.268 e. The molecule has 0 atom stereocenters. The second-order valence-electron chi connectivity index (χ2n) is 7.11. The maximum absolute atomic E-state index is 13.3. The Morgan fingerprint density at radius 2 is 1.63 bits per heavy atom. The van der Waals surface area contributed by atoms with Crippen molar-refractivity contribution in [3.8, 4) is 5.69 Å². The van der Waals surface area contributed by atoms with Crippen LogP contribution in [0.3, 0.4) is 0 Å². The molecule has 0 saturated carbocycles. The van der Waals surface area contributed by atoms with E-state index in [0.29, 0.717) is 22.4 Å². The molecule has 30 heavy (non-hydrogen) atoms. The minimum Gasteiger partial charge on any atom is -0.268 e. The number of aromatic nitrogens is 2. The maximum atomic E-state index is 13.3. The van der Waals surface area contributed by atoms with Crippen molar-refractivity contribution in [3.63, 3.8) is 0 Å². The van der Waals surface area contributed by atoms with Crippen molar-refractivity contribution in [1.82, 2.24) is 14.3 Å². The molecule has 0 spiro atoms. The molecular formula is C23H21N3O3S. The molecular weight excluding hydrogens is 398 g/mol. The Kier molecular flexibility index (Phi) is 5.24. The first-order chi connectivity index (χ1) is 14.4. The lowest BCUT2D eigenvalue weighted by Gasteiger charge is -2.16. The average molecular weight is 420 g/mol. The lowest BCUT2D eigenvalue weighted by Crippen LogP contribution is -2.30. The van der Waals surface area contributed by atoms with Crippen LogP contribution in [0.4, 0.5) is 0 Å². The Balaban J connectivity index is 1.85. The summed E-state index contributed by atoms with van der Waals surface area (Å²) in [5.41, 5.74) is 2.95. The summed E-state index contributed by atoms with van der Waals surface area (Å²) in [5.74, 6) is 0.324. The minimum absolute atomic E-state index is 0.120. The van der Waals surface area contributed by atoms with E-state index < -0.39 is 10.0 Å². The molecule has 1 aromatic heterocycles. The third kappa shape index (κ3) is 3.77. The van der Waals surface area contributed by atoms with Crippen LogP contribution in [0.2, 0.25) is 0 Å². The molecule has 0 bridgehead atoms. The summed E-state index contributed by atoms with van der Waals surface area (Å²) in [4.78, 5) is 18.1. The molecule has 7 heteroatoms. The lowest BCUT2D eigenvalue weighted by molar-refractivity contribution is 0.578. The van der Waals surface area contributed by atoms with Crippen molar-refractivity contribution in [3.05, 3.63) is 100 Å². The van der Waals surface area contributed by atoms with Gasteiger partial charge in [-0.2, -0.15) is 0 Å². The van der Waals surface area contributed by atoms with Crippen LogP contribution in [-0.2, 0) is 16.6 Å². The van der Waals surface area contributed by atoms with Crippen LogP contribution in [0, 0.1) is 13.8 Å². The summed E-state index contributed by atoms with van der Waals surface area (Å²) >= 11 is 0. The number of nitrogens with zero attached hydrogens (tertiary/aromatic N) is 2. The van der Waals surface area contributed by atoms with Gasteiger partial charge in [-0.25, -0.2) is 18.1 Å². The molecule has 0 fully saturated rings. The van der Waals surface area contributed by atoms with Gasteiger partial charge in [0.25, 0.3) is 5.56 Å². The average Bonchev–Trinajstić information content (AvgIpc) is 2.74. The maximum Gasteiger partial charge on any atom is 0.266 e. The van der Waals surface area contributed by atoms with Crippen LogP contribution in [-0.4, -0.2) is 18.0 Å². The SMILES string of the molecule is Cc1ccc(-n2c(CNS(=O)(=O)c3ccccc3)nc3ccccc3c2=O)c(C)c1. The van der Waals surface area contributed by atoms with Gasteiger partial charge >= 0.3 is 0 Å². The van der Waals surface area contributed by atoms with Crippen LogP contribution in [0.25, 0.3) is 16.6 Å². The summed E-state index contributed by atoms with van der Waals surface area (Å²) in [5, 5.41) is 0.479. The molecule has 1 N–H and O–H groups in total. The van der Waals surface area contributed by atoms with Gasteiger partial charge in [0.1, 0.15) is 5.82 Å². The number of hydrogen-bond acceptors (Lipinski definition) is 4. The first-order valence-electron chi connectivity index (χ1n) is 9.50. The van der Waals surface area contributed by atoms with Gasteiger partial charge in [-0.05, 0) is 49.7 Å². The van der Waals surface area contributed by atoms with E-state index >= 15 is 0 Å². The van der Waals surface area contributed by atoms with Gasteiger partial charge in [0, 0.05) is 0 Å². The number of rotatable bonds is 5. The Morgan fingerprint density at radius 3 is 2.37 bits per heavy atom. The summed E-state index contributed by atoms with van der Waals surface area (Å²) in [7, 11) is -3.75. The van der Waals surface area contributed by atoms with E-state index in [9.17, 15) is 13.2 Å². The fraction of sp³-hybridized carbons (Fsp3) is 0.130. The van der Waals surface area contributed by atoms with E-state index in [0.717, 1.165) is 11.1 Å². The third-order valence-electron chi connectivity index (χ3n) is 4.91. The van der Waals surface area contributed by atoms with Gasteiger partial charge in [0.15, 0.2) is 0 Å². The van der Waals surface area contributed by atoms with Gasteiger partial charge in [-0.3, -0.25) is 9.36 Å². The van der Waals surface area contributed by atoms with E-state index in [-0.39, 0.29) is 17.0 Å². The van der Waals surface area contributed by atoms with E-state index in [1.54, 1.807) is 42.5 Å². The van der Waals surface area contributed by atoms with Crippen LogP contribution < -0.4 is 10.3 Å². The number of fused-ring (bicyclic) bond motifs is 1. The fourth-order valence-corrected chi connectivity index (χ4v) is 4.45. The van der Waals surface area contributed by atoms with Crippen molar-refractivity contribution in [2.75, 3.05) is 0 Å². The Hall–Kier alpha value is -3.29. The van der Waals surface area contributed by atoms with Crippen molar-refractivity contribution >= 4 is 20.9 Å². The van der Waals surface area contributed by atoms with Gasteiger partial charge in [-0.15, -0.1) is 0 Å². The van der Waals surface area contributed by atoms with Gasteiger partial charge in [-0.1, -0.05) is 48.0 Å². The number of para-hydroxylation sites is 1. The van der Waals surface area contributed by atoms with Crippen molar-refractivity contribution in [1.29, 1.82) is 0 Å². The minimum atomic E-state index is -3.75. The van der Waals surface area contributed by atoms with Crippen LogP contribution in [0.15, 0.2) is 82.5 Å². The third-order valence-corrected chi connectivity index (χ3v) is 6.33. The van der Waals surface area contributed by atoms with Crippen LogP contribution in [0.5, 0.6) is 0 Å². The fourth-order valence-electron chi connectivity index (χ4n) is 3.44. The predicted molar refractivity (Wildman–Crippen MR) is 117 cm³/mol. The van der Waals surface area contributed by atoms with Crippen LogP contribution in [0.1, 0.15) is 17.0 Å². The first kappa shape index (κ1) is 20.0. The molecule has 0 aliphatic heterocycles. The summed E-state index contributed by atoms with van der Waals surface area (Å²) in [6, 6.07) is 20.9. The van der Waals surface area contributed by atoms with E-state index in [1.165, 1.54) is 16.7 Å². The summed E-state index contributed by atoms with van der Waals surface area (Å²) in [6.07, 6.45) is 0. The highest BCUT2D eigenvalue weighted by Crippen LogP contribution is 2.18. The molecule has 3 aromatic carbocycles. The van der Waals surface area contributed by atoms with Gasteiger partial charge in [0.05, 0.1) is 28.0 Å². The number of hydrogen-bond donors (Lipinski definition) is 1. The topological polar surface area (TPSA) is 81.1 Å². The summed E-state index contributed by atoms with van der Waals surface area (Å²) in [6.45, 7) is 3.78. The van der Waals surface area contributed by atoms with Gasteiger partial charge in [0.2, 0.25) is 10.0 Å². The molecule has 1 heterocycles. The van der Waals surface area contributed by atoms with Gasteiger partial charge < -0.3 is 0 Å². The predicted octanol–water partition coefficient (Wildman–Crippen LogP) is 3.48. The molecule has 0 radical (unpaired) electrons. The zero-order chi connectivity index (χ0) is 21.3. The zero-order valence-corrected chi connectivity index (χ0v) is 17.5. The Bertz CT molecular complexity index is 1390. The number of benzene rings is 3. The molecule has 0 saturated heterocycles. The Morgan fingerprint density at radius 1 is 0.933 bits per heavy atom. The smallest absolute Gasteiger partial charge is 0.266 e. The highest BCUT2D eigenvalue weighted by atomic mass is 32.2. The van der Waals surface area contributed by atoms with E-state index in [2.05, 4.69) is 9.71 Å². The monoisotopic (exact) mass is 419 g/mol.